The lowest BCUT2D eigenvalue weighted by molar-refractivity contribution is 0.102. The minimum Gasteiger partial charge on any atom is -0.495 e. The van der Waals surface area contributed by atoms with Gasteiger partial charge in [0.1, 0.15) is 5.75 Å². The van der Waals surface area contributed by atoms with Crippen molar-refractivity contribution in [2.24, 2.45) is 0 Å². The molecule has 2 N–H and O–H groups in total. The molecule has 1 aromatic carbocycles. The van der Waals surface area contributed by atoms with Gasteiger partial charge in [-0.05, 0) is 19.1 Å². The van der Waals surface area contributed by atoms with Crippen molar-refractivity contribution in [3.05, 3.63) is 29.3 Å². The third-order valence-corrected chi connectivity index (χ3v) is 3.18. The molecule has 1 aromatic heterocycles. The summed E-state index contributed by atoms with van der Waals surface area (Å²) < 4.78 is 5.17. The van der Waals surface area contributed by atoms with Gasteiger partial charge in [0.15, 0.2) is 0 Å². The van der Waals surface area contributed by atoms with E-state index in [1.54, 1.807) is 19.2 Å². The Kier molecular flexibility index (Phi) is 4.30. The first-order valence-electron chi connectivity index (χ1n) is 5.76. The number of hydrogen-bond donors (Lipinski definition) is 2. The second kappa shape index (κ2) is 6.14. The maximum atomic E-state index is 12.0. The molecular weight excluding hydrogens is 264 g/mol. The lowest BCUT2D eigenvalue weighted by Gasteiger charge is -2.07. The number of methoxy groups -OCH3 is 1. The summed E-state index contributed by atoms with van der Waals surface area (Å²) in [6.07, 6.45) is 0. The Hall–Kier alpha value is -2.15. The van der Waals surface area contributed by atoms with Crippen LogP contribution in [0.1, 0.15) is 16.7 Å². The summed E-state index contributed by atoms with van der Waals surface area (Å²) in [5.41, 5.74) is 0.607. The number of nitrogens with zero attached hydrogens (tertiary/aromatic N) is 2. The number of ether oxygens (including phenoxy) is 1. The molecule has 0 fully saturated rings. The lowest BCUT2D eigenvalue weighted by Crippen LogP contribution is -2.12. The smallest absolute Gasteiger partial charge is 0.286 e. The summed E-state index contributed by atoms with van der Waals surface area (Å²) in [6.45, 7) is 2.69. The van der Waals surface area contributed by atoms with Gasteiger partial charge in [0.05, 0.1) is 12.8 Å². The molecule has 0 unspecified atom stereocenters. The number of nitrogens with one attached hydrogen (secondary N) is 2. The second-order valence-corrected chi connectivity index (χ2v) is 4.57. The topological polar surface area (TPSA) is 76.1 Å². The molecule has 6 nitrogen and oxygen atoms in total. The molecule has 19 heavy (non-hydrogen) atoms. The summed E-state index contributed by atoms with van der Waals surface area (Å²) in [7, 11) is 1.55. The summed E-state index contributed by atoms with van der Waals surface area (Å²) in [5, 5.41) is 14.4. The summed E-state index contributed by atoms with van der Waals surface area (Å²) in [4.78, 5) is 12.0. The number of amides is 1. The van der Waals surface area contributed by atoms with E-state index in [1.807, 2.05) is 19.1 Å². The normalized spacial score (nSPS) is 10.0. The van der Waals surface area contributed by atoms with Gasteiger partial charge in [-0.25, -0.2) is 0 Å². The van der Waals surface area contributed by atoms with E-state index in [0.29, 0.717) is 21.6 Å². The van der Waals surface area contributed by atoms with Crippen molar-refractivity contribution in [1.82, 2.24) is 10.2 Å². The lowest BCUT2D eigenvalue weighted by atomic mass is 10.3. The van der Waals surface area contributed by atoms with Crippen molar-refractivity contribution in [1.29, 1.82) is 0 Å². The molecule has 7 heteroatoms. The first-order valence-corrected chi connectivity index (χ1v) is 6.58. The van der Waals surface area contributed by atoms with Crippen LogP contribution >= 0.6 is 11.3 Å². The highest BCUT2D eigenvalue weighted by Crippen LogP contribution is 2.24. The number of para-hydroxylation sites is 2. The van der Waals surface area contributed by atoms with Gasteiger partial charge in [-0.2, -0.15) is 0 Å². The molecule has 0 atom stereocenters. The Labute approximate surface area is 114 Å². The summed E-state index contributed by atoms with van der Waals surface area (Å²) in [6, 6.07) is 7.20. The first kappa shape index (κ1) is 13.3. The zero-order valence-corrected chi connectivity index (χ0v) is 11.5. The van der Waals surface area contributed by atoms with Crippen LogP contribution in [0.3, 0.4) is 0 Å². The number of anilines is 2. The Morgan fingerprint density at radius 3 is 2.89 bits per heavy atom. The van der Waals surface area contributed by atoms with Gasteiger partial charge < -0.3 is 15.4 Å². The number of rotatable bonds is 5. The van der Waals surface area contributed by atoms with Gasteiger partial charge in [-0.3, -0.25) is 4.79 Å². The fourth-order valence-electron chi connectivity index (χ4n) is 1.46. The predicted molar refractivity (Wildman–Crippen MR) is 75.0 cm³/mol. The Morgan fingerprint density at radius 2 is 2.16 bits per heavy atom. The molecule has 0 aliphatic heterocycles. The number of aromatic nitrogens is 2. The van der Waals surface area contributed by atoms with Crippen molar-refractivity contribution in [3.63, 3.8) is 0 Å². The van der Waals surface area contributed by atoms with E-state index >= 15 is 0 Å². The van der Waals surface area contributed by atoms with E-state index in [4.69, 9.17) is 4.74 Å². The largest absolute Gasteiger partial charge is 0.495 e. The second-order valence-electron chi connectivity index (χ2n) is 3.60. The van der Waals surface area contributed by atoms with Crippen LogP contribution in [0.2, 0.25) is 0 Å². The molecule has 0 aliphatic carbocycles. The molecule has 0 saturated heterocycles. The fourth-order valence-corrected chi connectivity index (χ4v) is 2.17. The minimum absolute atomic E-state index is 0.300. The highest BCUT2D eigenvalue weighted by Gasteiger charge is 2.14. The molecular formula is C12H14N4O2S. The fraction of sp³-hybridized carbons (Fsp3) is 0.250. The molecule has 1 amide bonds. The highest BCUT2D eigenvalue weighted by molar-refractivity contribution is 7.17. The quantitative estimate of drug-likeness (QED) is 0.877. The van der Waals surface area contributed by atoms with Crippen LogP contribution in [0, 0.1) is 0 Å². The van der Waals surface area contributed by atoms with E-state index in [2.05, 4.69) is 20.8 Å². The van der Waals surface area contributed by atoms with Crippen LogP contribution in [0.5, 0.6) is 5.75 Å². The van der Waals surface area contributed by atoms with Crippen molar-refractivity contribution in [2.75, 3.05) is 24.3 Å². The monoisotopic (exact) mass is 278 g/mol. The van der Waals surface area contributed by atoms with Gasteiger partial charge in [-0.1, -0.05) is 23.5 Å². The zero-order valence-electron chi connectivity index (χ0n) is 10.6. The highest BCUT2D eigenvalue weighted by atomic mass is 32.1. The average molecular weight is 278 g/mol. The Balaban J connectivity index is 2.11. The summed E-state index contributed by atoms with van der Waals surface area (Å²) in [5.74, 6) is 0.304. The van der Waals surface area contributed by atoms with Crippen molar-refractivity contribution in [3.8, 4) is 5.75 Å². The maximum absolute atomic E-state index is 12.0. The van der Waals surface area contributed by atoms with Crippen LogP contribution in [0.4, 0.5) is 10.8 Å². The minimum atomic E-state index is -0.300. The van der Waals surface area contributed by atoms with Gasteiger partial charge in [0.25, 0.3) is 5.91 Å². The Morgan fingerprint density at radius 1 is 1.37 bits per heavy atom. The van der Waals surface area contributed by atoms with Crippen LogP contribution in [0.15, 0.2) is 24.3 Å². The van der Waals surface area contributed by atoms with E-state index in [9.17, 15) is 4.79 Å². The maximum Gasteiger partial charge on any atom is 0.286 e. The molecule has 2 rings (SSSR count). The van der Waals surface area contributed by atoms with Crippen LogP contribution in [-0.4, -0.2) is 29.8 Å². The van der Waals surface area contributed by atoms with E-state index < -0.39 is 0 Å². The van der Waals surface area contributed by atoms with E-state index in [-0.39, 0.29) is 5.91 Å². The summed E-state index contributed by atoms with van der Waals surface area (Å²) >= 11 is 1.21. The third kappa shape index (κ3) is 3.19. The molecule has 0 spiro atoms. The number of hydrogen-bond acceptors (Lipinski definition) is 6. The first-order chi connectivity index (χ1) is 9.24. The van der Waals surface area contributed by atoms with Crippen LogP contribution in [0.25, 0.3) is 0 Å². The van der Waals surface area contributed by atoms with Gasteiger partial charge >= 0.3 is 0 Å². The average Bonchev–Trinajstić information content (AvgIpc) is 2.88. The third-order valence-electron chi connectivity index (χ3n) is 2.30. The molecule has 0 bridgehead atoms. The molecule has 0 radical (unpaired) electrons. The van der Waals surface area contributed by atoms with Gasteiger partial charge in [-0.15, -0.1) is 10.2 Å². The van der Waals surface area contributed by atoms with Crippen molar-refractivity contribution >= 4 is 28.1 Å². The van der Waals surface area contributed by atoms with E-state index in [0.717, 1.165) is 6.54 Å². The van der Waals surface area contributed by atoms with Crippen LogP contribution < -0.4 is 15.4 Å². The Bertz CT molecular complexity index is 570. The SMILES string of the molecule is CCNc1nnc(C(=O)Nc2ccccc2OC)s1. The van der Waals surface area contributed by atoms with Crippen molar-refractivity contribution in [2.45, 2.75) is 6.92 Å². The molecule has 2 aromatic rings. The van der Waals surface area contributed by atoms with E-state index in [1.165, 1.54) is 11.3 Å². The standard InChI is InChI=1S/C12H14N4O2S/c1-3-13-12-16-15-11(19-12)10(17)14-8-6-4-5-7-9(8)18-2/h4-7H,3H2,1-2H3,(H,13,16)(H,14,17). The van der Waals surface area contributed by atoms with Crippen molar-refractivity contribution < 1.29 is 9.53 Å². The molecule has 100 valence electrons. The number of carbonyl (C=O) groups is 1. The number of benzene rings is 1. The van der Waals surface area contributed by atoms with Gasteiger partial charge in [0, 0.05) is 6.54 Å². The van der Waals surface area contributed by atoms with Crippen LogP contribution in [-0.2, 0) is 0 Å². The molecule has 1 heterocycles. The number of carbonyl (C=O) groups excluding carboxylic acids is 1. The molecule has 0 aliphatic rings. The molecule has 0 saturated carbocycles. The zero-order chi connectivity index (χ0) is 13.7. The van der Waals surface area contributed by atoms with Gasteiger partial charge in [0.2, 0.25) is 10.1 Å². The predicted octanol–water partition coefficient (Wildman–Crippen LogP) is 2.23.